The molecule has 0 aliphatic rings. The van der Waals surface area contributed by atoms with E-state index in [0.717, 1.165) is 17.9 Å². The van der Waals surface area contributed by atoms with Gasteiger partial charge < -0.3 is 5.32 Å². The maximum absolute atomic E-state index is 5.78. The van der Waals surface area contributed by atoms with Crippen LogP contribution >= 0.6 is 11.6 Å². The van der Waals surface area contributed by atoms with Gasteiger partial charge in [0.05, 0.1) is 0 Å². The van der Waals surface area contributed by atoms with E-state index >= 15 is 0 Å². The molecule has 0 aromatic carbocycles. The molecule has 0 fully saturated rings. The second kappa shape index (κ2) is 10.0. The van der Waals surface area contributed by atoms with Crippen molar-refractivity contribution in [1.82, 2.24) is 9.97 Å². The third-order valence-corrected chi connectivity index (χ3v) is 3.45. The lowest BCUT2D eigenvalue weighted by molar-refractivity contribution is 0.581. The summed E-state index contributed by atoms with van der Waals surface area (Å²) in [5.74, 6) is 0.864. The van der Waals surface area contributed by atoms with Crippen molar-refractivity contribution in [3.63, 3.8) is 0 Å². The summed E-state index contributed by atoms with van der Waals surface area (Å²) in [4.78, 5) is 8.13. The Morgan fingerprint density at radius 2 is 1.68 bits per heavy atom. The van der Waals surface area contributed by atoms with Crippen molar-refractivity contribution in [2.45, 2.75) is 65.2 Å². The fraction of sp³-hybridized carbons (Fsp3) is 0.733. The van der Waals surface area contributed by atoms with Crippen molar-refractivity contribution in [3.05, 3.63) is 17.0 Å². The van der Waals surface area contributed by atoms with E-state index in [0.29, 0.717) is 5.28 Å². The summed E-state index contributed by atoms with van der Waals surface area (Å²) in [7, 11) is 0. The third-order valence-electron chi connectivity index (χ3n) is 3.27. The molecule has 4 heteroatoms. The third kappa shape index (κ3) is 7.36. The van der Waals surface area contributed by atoms with Crippen LogP contribution in [0.4, 0.5) is 5.82 Å². The van der Waals surface area contributed by atoms with Crippen LogP contribution in [0, 0.1) is 6.92 Å². The Balaban J connectivity index is 2.03. The summed E-state index contributed by atoms with van der Waals surface area (Å²) in [6.07, 6.45) is 12.4. The summed E-state index contributed by atoms with van der Waals surface area (Å²) < 4.78 is 0. The largest absolute Gasteiger partial charge is 0.370 e. The zero-order valence-corrected chi connectivity index (χ0v) is 13.0. The van der Waals surface area contributed by atoms with Gasteiger partial charge in [0.1, 0.15) is 5.82 Å². The number of unbranched alkanes of at least 4 members (excludes halogenated alkanes) is 7. The van der Waals surface area contributed by atoms with Crippen molar-refractivity contribution in [2.75, 3.05) is 11.9 Å². The van der Waals surface area contributed by atoms with E-state index in [1.807, 2.05) is 6.92 Å². The quantitative estimate of drug-likeness (QED) is 0.485. The van der Waals surface area contributed by atoms with Crippen molar-refractivity contribution < 1.29 is 0 Å². The Labute approximate surface area is 122 Å². The summed E-state index contributed by atoms with van der Waals surface area (Å²) in [5, 5.41) is 3.64. The molecule has 0 aliphatic heterocycles. The van der Waals surface area contributed by atoms with Crippen LogP contribution in [0.2, 0.25) is 5.28 Å². The first-order valence-electron chi connectivity index (χ1n) is 7.47. The van der Waals surface area contributed by atoms with Gasteiger partial charge >= 0.3 is 0 Å². The second-order valence-electron chi connectivity index (χ2n) is 5.07. The van der Waals surface area contributed by atoms with Gasteiger partial charge in [0.2, 0.25) is 5.28 Å². The van der Waals surface area contributed by atoms with E-state index in [1.165, 1.54) is 51.4 Å². The van der Waals surface area contributed by atoms with Crippen LogP contribution in [0.3, 0.4) is 0 Å². The lowest BCUT2D eigenvalue weighted by Crippen LogP contribution is -2.05. The van der Waals surface area contributed by atoms with E-state index in [4.69, 9.17) is 11.6 Å². The number of nitrogens with zero attached hydrogens (tertiary/aromatic N) is 2. The van der Waals surface area contributed by atoms with E-state index < -0.39 is 0 Å². The molecular weight excluding hydrogens is 258 g/mol. The molecule has 0 radical (unpaired) electrons. The predicted molar refractivity (Wildman–Crippen MR) is 82.9 cm³/mol. The highest BCUT2D eigenvalue weighted by Gasteiger charge is 2.01. The van der Waals surface area contributed by atoms with Crippen LogP contribution in [-0.2, 0) is 0 Å². The predicted octanol–water partition coefficient (Wildman–Crippen LogP) is 4.99. The molecule has 0 bridgehead atoms. The topological polar surface area (TPSA) is 37.8 Å². The van der Waals surface area contributed by atoms with Gasteiger partial charge in [-0.1, -0.05) is 51.9 Å². The highest BCUT2D eigenvalue weighted by Crippen LogP contribution is 2.13. The first-order chi connectivity index (χ1) is 9.24. The molecule has 0 amide bonds. The van der Waals surface area contributed by atoms with Crippen LogP contribution in [-0.4, -0.2) is 16.5 Å². The van der Waals surface area contributed by atoms with Crippen molar-refractivity contribution in [2.24, 2.45) is 0 Å². The minimum atomic E-state index is 0.309. The molecule has 0 atom stereocenters. The standard InChI is InChI=1S/C15H26ClN3/c1-3-4-5-6-7-8-9-10-11-17-14-13(2)12-18-15(16)19-14/h12H,3-11H2,1-2H3,(H,17,18,19). The van der Waals surface area contributed by atoms with Gasteiger partial charge in [-0.2, -0.15) is 0 Å². The molecule has 1 N–H and O–H groups in total. The number of rotatable bonds is 10. The molecule has 0 spiro atoms. The number of aryl methyl sites for hydroxylation is 1. The first kappa shape index (κ1) is 16.2. The minimum Gasteiger partial charge on any atom is -0.370 e. The highest BCUT2D eigenvalue weighted by atomic mass is 35.5. The van der Waals surface area contributed by atoms with Gasteiger partial charge in [0.15, 0.2) is 0 Å². The van der Waals surface area contributed by atoms with Gasteiger partial charge in [-0.05, 0) is 24.9 Å². The Bertz CT molecular complexity index is 355. The summed E-state index contributed by atoms with van der Waals surface area (Å²) in [6, 6.07) is 0. The van der Waals surface area contributed by atoms with Crippen LogP contribution in [0.25, 0.3) is 0 Å². The molecule has 0 saturated heterocycles. The van der Waals surface area contributed by atoms with Gasteiger partial charge in [-0.3, -0.25) is 0 Å². The number of hydrogen-bond acceptors (Lipinski definition) is 3. The van der Waals surface area contributed by atoms with Crippen LogP contribution < -0.4 is 5.32 Å². The number of aromatic nitrogens is 2. The summed E-state index contributed by atoms with van der Waals surface area (Å²) in [6.45, 7) is 5.21. The van der Waals surface area contributed by atoms with Gasteiger partial charge in [0, 0.05) is 18.3 Å². The summed E-state index contributed by atoms with van der Waals surface area (Å²) in [5.41, 5.74) is 1.05. The smallest absolute Gasteiger partial charge is 0.224 e. The molecule has 0 aliphatic carbocycles. The van der Waals surface area contributed by atoms with Crippen LogP contribution in [0.5, 0.6) is 0 Å². The van der Waals surface area contributed by atoms with Crippen LogP contribution in [0.15, 0.2) is 6.20 Å². The molecule has 0 unspecified atom stereocenters. The SMILES string of the molecule is CCCCCCCCCCNc1nc(Cl)ncc1C. The maximum atomic E-state index is 5.78. The fourth-order valence-electron chi connectivity index (χ4n) is 2.07. The number of hydrogen-bond donors (Lipinski definition) is 1. The average Bonchev–Trinajstić information content (AvgIpc) is 2.40. The average molecular weight is 284 g/mol. The molecule has 3 nitrogen and oxygen atoms in total. The van der Waals surface area contributed by atoms with Gasteiger partial charge in [0.25, 0.3) is 0 Å². The van der Waals surface area contributed by atoms with E-state index in [1.54, 1.807) is 6.20 Å². The maximum Gasteiger partial charge on any atom is 0.224 e. The van der Waals surface area contributed by atoms with E-state index in [2.05, 4.69) is 22.2 Å². The first-order valence-corrected chi connectivity index (χ1v) is 7.85. The molecule has 1 aromatic rings. The van der Waals surface area contributed by atoms with Crippen LogP contribution in [0.1, 0.15) is 63.9 Å². The monoisotopic (exact) mass is 283 g/mol. The zero-order chi connectivity index (χ0) is 13.9. The Morgan fingerprint density at radius 1 is 1.05 bits per heavy atom. The van der Waals surface area contributed by atoms with Crippen molar-refractivity contribution >= 4 is 17.4 Å². The Hall–Kier alpha value is -0.830. The van der Waals surface area contributed by atoms with E-state index in [9.17, 15) is 0 Å². The Morgan fingerprint density at radius 3 is 2.37 bits per heavy atom. The van der Waals surface area contributed by atoms with Gasteiger partial charge in [-0.25, -0.2) is 9.97 Å². The molecular formula is C15H26ClN3. The molecule has 108 valence electrons. The number of nitrogens with one attached hydrogen (secondary N) is 1. The zero-order valence-electron chi connectivity index (χ0n) is 12.2. The minimum absolute atomic E-state index is 0.309. The lowest BCUT2D eigenvalue weighted by atomic mass is 10.1. The highest BCUT2D eigenvalue weighted by molar-refractivity contribution is 6.28. The van der Waals surface area contributed by atoms with E-state index in [-0.39, 0.29) is 0 Å². The molecule has 1 rings (SSSR count). The molecule has 1 aromatic heterocycles. The Kier molecular flexibility index (Phi) is 8.55. The number of halogens is 1. The lowest BCUT2D eigenvalue weighted by Gasteiger charge is -2.08. The summed E-state index contributed by atoms with van der Waals surface area (Å²) >= 11 is 5.78. The van der Waals surface area contributed by atoms with Crippen molar-refractivity contribution in [3.8, 4) is 0 Å². The second-order valence-corrected chi connectivity index (χ2v) is 5.41. The normalized spacial score (nSPS) is 10.7. The molecule has 1 heterocycles. The molecule has 0 saturated carbocycles. The fourth-order valence-corrected chi connectivity index (χ4v) is 2.20. The van der Waals surface area contributed by atoms with Gasteiger partial charge in [-0.15, -0.1) is 0 Å². The molecule has 19 heavy (non-hydrogen) atoms. The van der Waals surface area contributed by atoms with Crippen molar-refractivity contribution in [1.29, 1.82) is 0 Å². The number of anilines is 1.